The second-order valence-corrected chi connectivity index (χ2v) is 5.93. The van der Waals surface area contributed by atoms with E-state index in [4.69, 9.17) is 17.3 Å². The van der Waals surface area contributed by atoms with Gasteiger partial charge in [-0.15, -0.1) is 0 Å². The Morgan fingerprint density at radius 1 is 1.41 bits per heavy atom. The van der Waals surface area contributed by atoms with Gasteiger partial charge in [0.25, 0.3) is 0 Å². The van der Waals surface area contributed by atoms with E-state index in [1.165, 1.54) is 0 Å². The van der Waals surface area contributed by atoms with Gasteiger partial charge in [-0.1, -0.05) is 11.6 Å². The third-order valence-electron chi connectivity index (χ3n) is 3.41. The standard InChI is InChI=1S/C12H17BrClN3/c1-17(10-4-2-9(15)3-5-10)12-11(13)6-8(14)7-16-12/h6-7,9-10H,2-5,15H2,1H3. The summed E-state index contributed by atoms with van der Waals surface area (Å²) in [6, 6.07) is 2.79. The molecule has 0 spiro atoms. The summed E-state index contributed by atoms with van der Waals surface area (Å²) in [5, 5.41) is 0.652. The van der Waals surface area contributed by atoms with E-state index in [2.05, 4.69) is 32.9 Å². The molecule has 0 aromatic carbocycles. The molecule has 0 saturated heterocycles. The maximum absolute atomic E-state index is 5.92. The molecule has 94 valence electrons. The smallest absolute Gasteiger partial charge is 0.142 e. The van der Waals surface area contributed by atoms with Gasteiger partial charge < -0.3 is 10.6 Å². The van der Waals surface area contributed by atoms with Gasteiger partial charge in [-0.05, 0) is 47.7 Å². The van der Waals surface area contributed by atoms with Crippen LogP contribution in [0.1, 0.15) is 25.7 Å². The van der Waals surface area contributed by atoms with Gasteiger partial charge in [-0.25, -0.2) is 4.98 Å². The average Bonchev–Trinajstić information content (AvgIpc) is 2.29. The van der Waals surface area contributed by atoms with Crippen molar-refractivity contribution >= 4 is 33.3 Å². The van der Waals surface area contributed by atoms with Crippen molar-refractivity contribution in [2.24, 2.45) is 5.73 Å². The van der Waals surface area contributed by atoms with Gasteiger partial charge in [0.2, 0.25) is 0 Å². The first-order valence-corrected chi connectivity index (χ1v) is 7.04. The van der Waals surface area contributed by atoms with Crippen molar-refractivity contribution in [2.75, 3.05) is 11.9 Å². The van der Waals surface area contributed by atoms with Crippen LogP contribution in [0.2, 0.25) is 5.02 Å². The first kappa shape index (κ1) is 13.1. The second-order valence-electron chi connectivity index (χ2n) is 4.64. The first-order chi connectivity index (χ1) is 8.08. The highest BCUT2D eigenvalue weighted by molar-refractivity contribution is 9.10. The molecular weight excluding hydrogens is 302 g/mol. The lowest BCUT2D eigenvalue weighted by molar-refractivity contribution is 0.383. The molecule has 3 nitrogen and oxygen atoms in total. The fourth-order valence-corrected chi connectivity index (χ4v) is 3.25. The number of nitrogens with two attached hydrogens (primary N) is 1. The Balaban J connectivity index is 2.11. The van der Waals surface area contributed by atoms with Crippen LogP contribution in [0, 0.1) is 0 Å². The molecule has 5 heteroatoms. The zero-order chi connectivity index (χ0) is 12.4. The lowest BCUT2D eigenvalue weighted by Gasteiger charge is -2.34. The Hall–Kier alpha value is -0.320. The van der Waals surface area contributed by atoms with Crippen molar-refractivity contribution < 1.29 is 0 Å². The Kier molecular flexibility index (Phi) is 4.28. The predicted molar refractivity (Wildman–Crippen MR) is 75.6 cm³/mol. The minimum absolute atomic E-state index is 0.376. The first-order valence-electron chi connectivity index (χ1n) is 5.87. The molecule has 2 N–H and O–H groups in total. The monoisotopic (exact) mass is 317 g/mol. The molecule has 1 heterocycles. The molecule has 2 rings (SSSR count). The summed E-state index contributed by atoms with van der Waals surface area (Å²) in [6.07, 6.45) is 6.15. The molecule has 1 aliphatic carbocycles. The summed E-state index contributed by atoms with van der Waals surface area (Å²) in [5.74, 6) is 0.954. The van der Waals surface area contributed by atoms with E-state index in [0.29, 0.717) is 17.1 Å². The van der Waals surface area contributed by atoms with E-state index in [9.17, 15) is 0 Å². The minimum Gasteiger partial charge on any atom is -0.356 e. The van der Waals surface area contributed by atoms with Crippen LogP contribution >= 0.6 is 27.5 Å². The van der Waals surface area contributed by atoms with Crippen molar-refractivity contribution in [1.29, 1.82) is 0 Å². The number of hydrogen-bond donors (Lipinski definition) is 1. The lowest BCUT2D eigenvalue weighted by Crippen LogP contribution is -2.39. The normalized spacial score (nSPS) is 24.7. The van der Waals surface area contributed by atoms with E-state index in [-0.39, 0.29) is 0 Å². The van der Waals surface area contributed by atoms with Gasteiger partial charge in [-0.2, -0.15) is 0 Å². The van der Waals surface area contributed by atoms with Crippen LogP contribution in [-0.2, 0) is 0 Å². The summed E-state index contributed by atoms with van der Waals surface area (Å²) in [5.41, 5.74) is 5.92. The zero-order valence-corrected chi connectivity index (χ0v) is 12.2. The largest absolute Gasteiger partial charge is 0.356 e. The molecule has 0 radical (unpaired) electrons. The van der Waals surface area contributed by atoms with Crippen molar-refractivity contribution in [3.05, 3.63) is 21.8 Å². The van der Waals surface area contributed by atoms with Gasteiger partial charge in [0, 0.05) is 25.3 Å². The minimum atomic E-state index is 0.376. The van der Waals surface area contributed by atoms with E-state index < -0.39 is 0 Å². The quantitative estimate of drug-likeness (QED) is 0.910. The van der Waals surface area contributed by atoms with Crippen molar-refractivity contribution in [3.8, 4) is 0 Å². The number of hydrogen-bond acceptors (Lipinski definition) is 3. The molecule has 0 atom stereocenters. The maximum Gasteiger partial charge on any atom is 0.142 e. The van der Waals surface area contributed by atoms with Crippen molar-refractivity contribution in [1.82, 2.24) is 4.98 Å². The summed E-state index contributed by atoms with van der Waals surface area (Å²) >= 11 is 9.41. The SMILES string of the molecule is CN(c1ncc(Cl)cc1Br)C1CCC(N)CC1. The molecule has 1 aromatic heterocycles. The average molecular weight is 319 g/mol. The highest BCUT2D eigenvalue weighted by Crippen LogP contribution is 2.30. The van der Waals surface area contributed by atoms with Gasteiger partial charge >= 0.3 is 0 Å². The molecule has 1 aromatic rings. The molecule has 0 unspecified atom stereocenters. The predicted octanol–water partition coefficient (Wildman–Crippen LogP) is 3.20. The molecule has 1 aliphatic rings. The van der Waals surface area contributed by atoms with Gasteiger partial charge in [0.15, 0.2) is 0 Å². The molecule has 1 saturated carbocycles. The summed E-state index contributed by atoms with van der Waals surface area (Å²) in [6.45, 7) is 0. The molecule has 0 bridgehead atoms. The number of halogens is 2. The van der Waals surface area contributed by atoms with Gasteiger partial charge in [0.05, 0.1) is 9.50 Å². The van der Waals surface area contributed by atoms with Crippen LogP contribution in [0.5, 0.6) is 0 Å². The van der Waals surface area contributed by atoms with Crippen LogP contribution in [0.3, 0.4) is 0 Å². The third kappa shape index (κ3) is 3.12. The Bertz CT molecular complexity index is 391. The van der Waals surface area contributed by atoms with Crippen LogP contribution in [0.15, 0.2) is 16.7 Å². The molecule has 0 amide bonds. The third-order valence-corrected chi connectivity index (χ3v) is 4.20. The number of pyridine rings is 1. The van der Waals surface area contributed by atoms with Crippen LogP contribution in [0.25, 0.3) is 0 Å². The van der Waals surface area contributed by atoms with Crippen LogP contribution < -0.4 is 10.6 Å². The van der Waals surface area contributed by atoms with Crippen LogP contribution in [-0.4, -0.2) is 24.1 Å². The summed E-state index contributed by atoms with van der Waals surface area (Å²) in [4.78, 5) is 6.62. The van der Waals surface area contributed by atoms with E-state index in [1.807, 2.05) is 6.07 Å². The Labute approximate surface area is 115 Å². The second kappa shape index (κ2) is 5.55. The molecular formula is C12H17BrClN3. The zero-order valence-electron chi connectivity index (χ0n) is 9.87. The van der Waals surface area contributed by atoms with E-state index in [1.54, 1.807) is 6.20 Å². The maximum atomic E-state index is 5.92. The number of nitrogens with zero attached hydrogens (tertiary/aromatic N) is 2. The summed E-state index contributed by atoms with van der Waals surface area (Å²) in [7, 11) is 2.09. The van der Waals surface area contributed by atoms with Crippen molar-refractivity contribution in [2.45, 2.75) is 37.8 Å². The fourth-order valence-electron chi connectivity index (χ4n) is 2.33. The Morgan fingerprint density at radius 2 is 2.06 bits per heavy atom. The van der Waals surface area contributed by atoms with Gasteiger partial charge in [0.1, 0.15) is 5.82 Å². The molecule has 1 fully saturated rings. The summed E-state index contributed by atoms with van der Waals surface area (Å²) < 4.78 is 0.947. The highest BCUT2D eigenvalue weighted by Gasteiger charge is 2.23. The number of rotatable bonds is 2. The lowest BCUT2D eigenvalue weighted by atomic mass is 9.91. The van der Waals surface area contributed by atoms with E-state index >= 15 is 0 Å². The molecule has 17 heavy (non-hydrogen) atoms. The molecule has 0 aliphatic heterocycles. The Morgan fingerprint density at radius 3 is 2.65 bits per heavy atom. The fraction of sp³-hybridized carbons (Fsp3) is 0.583. The highest BCUT2D eigenvalue weighted by atomic mass is 79.9. The topological polar surface area (TPSA) is 42.2 Å². The van der Waals surface area contributed by atoms with Crippen LogP contribution in [0.4, 0.5) is 5.82 Å². The van der Waals surface area contributed by atoms with E-state index in [0.717, 1.165) is 36.0 Å². The number of aromatic nitrogens is 1. The van der Waals surface area contributed by atoms with Crippen molar-refractivity contribution in [3.63, 3.8) is 0 Å². The van der Waals surface area contributed by atoms with Gasteiger partial charge in [-0.3, -0.25) is 0 Å². The number of anilines is 1.